The van der Waals surface area contributed by atoms with Crippen molar-refractivity contribution in [1.82, 2.24) is 4.90 Å². The Morgan fingerprint density at radius 3 is 2.33 bits per heavy atom. The monoisotopic (exact) mass is 203 g/mol. The van der Waals surface area contributed by atoms with Crippen molar-refractivity contribution in [1.29, 1.82) is 0 Å². The summed E-state index contributed by atoms with van der Waals surface area (Å²) in [6, 6.07) is 10.0. The highest BCUT2D eigenvalue weighted by Gasteiger charge is 2.16. The van der Waals surface area contributed by atoms with Gasteiger partial charge in [-0.1, -0.05) is 36.9 Å². The highest BCUT2D eigenvalue weighted by atomic mass is 16.2. The molecule has 1 amide bonds. The highest BCUT2D eigenvalue weighted by molar-refractivity contribution is 5.92. The Morgan fingerprint density at radius 2 is 1.87 bits per heavy atom. The van der Waals surface area contributed by atoms with Crippen LogP contribution in [0.1, 0.15) is 25.5 Å². The summed E-state index contributed by atoms with van der Waals surface area (Å²) in [5.74, 6) is -0.00801. The molecule has 80 valence electrons. The molecular formula is C13H17NO. The minimum absolute atomic E-state index is 0.00801. The number of hydrogen-bond acceptors (Lipinski definition) is 1. The number of carbonyl (C=O) groups is 1. The van der Waals surface area contributed by atoms with E-state index in [4.69, 9.17) is 0 Å². The van der Waals surface area contributed by atoms with Crippen LogP contribution in [0.3, 0.4) is 0 Å². The molecule has 1 aromatic carbocycles. The average molecular weight is 203 g/mol. The topological polar surface area (TPSA) is 20.3 Å². The van der Waals surface area contributed by atoms with E-state index in [-0.39, 0.29) is 11.9 Å². The van der Waals surface area contributed by atoms with Crippen LogP contribution in [0.4, 0.5) is 0 Å². The van der Waals surface area contributed by atoms with Crippen molar-refractivity contribution in [3.8, 4) is 0 Å². The van der Waals surface area contributed by atoms with Gasteiger partial charge in [0.1, 0.15) is 0 Å². The van der Waals surface area contributed by atoms with E-state index >= 15 is 0 Å². The van der Waals surface area contributed by atoms with Crippen LogP contribution < -0.4 is 0 Å². The third-order valence-electron chi connectivity index (χ3n) is 2.55. The van der Waals surface area contributed by atoms with Crippen molar-refractivity contribution < 1.29 is 4.79 Å². The minimum atomic E-state index is -0.00801. The second-order valence-electron chi connectivity index (χ2n) is 3.78. The molecule has 0 spiro atoms. The number of amides is 1. The summed E-state index contributed by atoms with van der Waals surface area (Å²) >= 11 is 0. The first-order valence-corrected chi connectivity index (χ1v) is 5.01. The molecule has 15 heavy (non-hydrogen) atoms. The van der Waals surface area contributed by atoms with Gasteiger partial charge in [0.15, 0.2) is 0 Å². The smallest absolute Gasteiger partial charge is 0.249 e. The summed E-state index contributed by atoms with van der Waals surface area (Å²) in [6.07, 6.45) is 0. The van der Waals surface area contributed by atoms with E-state index in [0.717, 1.165) is 5.56 Å². The average Bonchev–Trinajstić information content (AvgIpc) is 2.27. The van der Waals surface area contributed by atoms with Crippen LogP contribution in [0.2, 0.25) is 0 Å². The van der Waals surface area contributed by atoms with Gasteiger partial charge >= 0.3 is 0 Å². The number of carbonyl (C=O) groups excluding carboxylic acids is 1. The Labute approximate surface area is 91.2 Å². The molecule has 0 aliphatic rings. The van der Waals surface area contributed by atoms with Crippen LogP contribution in [-0.4, -0.2) is 17.9 Å². The van der Waals surface area contributed by atoms with Gasteiger partial charge in [-0.15, -0.1) is 0 Å². The first kappa shape index (κ1) is 11.5. The summed E-state index contributed by atoms with van der Waals surface area (Å²) < 4.78 is 0. The van der Waals surface area contributed by atoms with Gasteiger partial charge in [-0.3, -0.25) is 4.79 Å². The van der Waals surface area contributed by atoms with Crippen LogP contribution in [0.25, 0.3) is 0 Å². The van der Waals surface area contributed by atoms with E-state index in [1.54, 1.807) is 18.9 Å². The van der Waals surface area contributed by atoms with Crippen LogP contribution in [-0.2, 0) is 4.79 Å². The van der Waals surface area contributed by atoms with Crippen LogP contribution in [0, 0.1) is 0 Å². The Bertz CT molecular complexity index is 356. The van der Waals surface area contributed by atoms with Gasteiger partial charge in [0.05, 0.1) is 6.04 Å². The summed E-state index contributed by atoms with van der Waals surface area (Å²) in [5.41, 5.74) is 1.70. The van der Waals surface area contributed by atoms with Crippen LogP contribution in [0.15, 0.2) is 42.5 Å². The van der Waals surface area contributed by atoms with Crippen molar-refractivity contribution in [2.45, 2.75) is 19.9 Å². The maximum absolute atomic E-state index is 11.7. The Hall–Kier alpha value is -1.57. The molecule has 0 aliphatic heterocycles. The fourth-order valence-corrected chi connectivity index (χ4v) is 1.43. The summed E-state index contributed by atoms with van der Waals surface area (Å²) in [7, 11) is 1.80. The number of hydrogen-bond donors (Lipinski definition) is 0. The molecule has 1 aromatic rings. The third-order valence-corrected chi connectivity index (χ3v) is 2.55. The molecule has 0 fully saturated rings. The lowest BCUT2D eigenvalue weighted by Crippen LogP contribution is -2.29. The Morgan fingerprint density at radius 1 is 1.33 bits per heavy atom. The van der Waals surface area contributed by atoms with Crippen molar-refractivity contribution in [3.05, 3.63) is 48.0 Å². The van der Waals surface area contributed by atoms with E-state index in [0.29, 0.717) is 5.57 Å². The minimum Gasteiger partial charge on any atom is -0.335 e. The maximum Gasteiger partial charge on any atom is 0.249 e. The molecule has 1 rings (SSSR count). The van der Waals surface area contributed by atoms with E-state index < -0.39 is 0 Å². The zero-order chi connectivity index (χ0) is 11.4. The Kier molecular flexibility index (Phi) is 3.67. The number of nitrogens with zero attached hydrogens (tertiary/aromatic N) is 1. The molecular weight excluding hydrogens is 186 g/mol. The molecule has 0 radical (unpaired) electrons. The van der Waals surface area contributed by atoms with Crippen LogP contribution in [0.5, 0.6) is 0 Å². The second-order valence-corrected chi connectivity index (χ2v) is 3.78. The van der Waals surface area contributed by atoms with Crippen molar-refractivity contribution in [3.63, 3.8) is 0 Å². The van der Waals surface area contributed by atoms with E-state index in [2.05, 4.69) is 6.58 Å². The zero-order valence-electron chi connectivity index (χ0n) is 9.53. The van der Waals surface area contributed by atoms with Crippen molar-refractivity contribution >= 4 is 5.91 Å². The first-order valence-electron chi connectivity index (χ1n) is 5.01. The quantitative estimate of drug-likeness (QED) is 0.692. The molecule has 0 aromatic heterocycles. The van der Waals surface area contributed by atoms with E-state index in [9.17, 15) is 4.79 Å². The zero-order valence-corrected chi connectivity index (χ0v) is 9.53. The lowest BCUT2D eigenvalue weighted by Gasteiger charge is -2.25. The van der Waals surface area contributed by atoms with Gasteiger partial charge in [-0.25, -0.2) is 0 Å². The van der Waals surface area contributed by atoms with Gasteiger partial charge in [0, 0.05) is 12.6 Å². The maximum atomic E-state index is 11.7. The van der Waals surface area contributed by atoms with Gasteiger partial charge in [0.2, 0.25) is 5.91 Å². The van der Waals surface area contributed by atoms with E-state index in [1.165, 1.54) is 0 Å². The fourth-order valence-electron chi connectivity index (χ4n) is 1.43. The summed E-state index contributed by atoms with van der Waals surface area (Å²) in [5, 5.41) is 0. The molecule has 0 saturated carbocycles. The molecule has 2 nitrogen and oxygen atoms in total. The van der Waals surface area contributed by atoms with Crippen molar-refractivity contribution in [2.75, 3.05) is 7.05 Å². The first-order chi connectivity index (χ1) is 7.04. The molecule has 2 heteroatoms. The fraction of sp³-hybridized carbons (Fsp3) is 0.308. The van der Waals surface area contributed by atoms with Gasteiger partial charge in [-0.2, -0.15) is 0 Å². The highest BCUT2D eigenvalue weighted by Crippen LogP contribution is 2.19. The van der Waals surface area contributed by atoms with Gasteiger partial charge < -0.3 is 4.90 Å². The standard InChI is InChI=1S/C13H17NO/c1-10(2)13(15)14(4)11(3)12-8-6-5-7-9-12/h5-9,11H,1H2,2-4H3. The second kappa shape index (κ2) is 4.78. The largest absolute Gasteiger partial charge is 0.335 e. The lowest BCUT2D eigenvalue weighted by atomic mass is 10.1. The summed E-state index contributed by atoms with van der Waals surface area (Å²) in [4.78, 5) is 13.4. The predicted molar refractivity (Wildman–Crippen MR) is 62.4 cm³/mol. The molecule has 0 aliphatic carbocycles. The normalized spacial score (nSPS) is 11.9. The van der Waals surface area contributed by atoms with Gasteiger partial charge in [-0.05, 0) is 19.4 Å². The van der Waals surface area contributed by atoms with Crippen LogP contribution >= 0.6 is 0 Å². The lowest BCUT2D eigenvalue weighted by molar-refractivity contribution is -0.127. The van der Waals surface area contributed by atoms with Crippen molar-refractivity contribution in [2.24, 2.45) is 0 Å². The molecule has 0 heterocycles. The molecule has 1 atom stereocenters. The number of rotatable bonds is 3. The molecule has 0 N–H and O–H groups in total. The van der Waals surface area contributed by atoms with E-state index in [1.807, 2.05) is 37.3 Å². The molecule has 0 bridgehead atoms. The number of benzene rings is 1. The molecule has 0 saturated heterocycles. The SMILES string of the molecule is C=C(C)C(=O)N(C)C(C)c1ccccc1. The summed E-state index contributed by atoms with van der Waals surface area (Å²) in [6.45, 7) is 7.40. The predicted octanol–water partition coefficient (Wildman–Crippen LogP) is 2.78. The van der Waals surface area contributed by atoms with Gasteiger partial charge in [0.25, 0.3) is 0 Å². The number of likely N-dealkylation sites (N-methyl/N-ethyl adjacent to an activating group) is 1. The molecule has 1 unspecified atom stereocenters. The third kappa shape index (κ3) is 2.69. The Balaban J connectivity index is 2.82.